The second-order valence-electron chi connectivity index (χ2n) is 3.44. The standard InChI is InChI=1S/C12H16O3/c1-9-4-5-11(10(2)8-9)15-7-6-12(13)14-3/h4-5,8H,6-7H2,1-3H3. The molecule has 0 amide bonds. The minimum atomic E-state index is -0.250. The monoisotopic (exact) mass is 208 g/mol. The van der Waals surface area contributed by atoms with Crippen molar-refractivity contribution in [1.29, 1.82) is 0 Å². The number of methoxy groups -OCH3 is 1. The topological polar surface area (TPSA) is 35.5 Å². The first-order valence-corrected chi connectivity index (χ1v) is 4.90. The Bertz CT molecular complexity index is 345. The largest absolute Gasteiger partial charge is 0.493 e. The highest BCUT2D eigenvalue weighted by Crippen LogP contribution is 2.18. The Hall–Kier alpha value is -1.51. The van der Waals surface area contributed by atoms with Crippen LogP contribution in [-0.4, -0.2) is 19.7 Å². The minimum absolute atomic E-state index is 0.250. The zero-order valence-electron chi connectivity index (χ0n) is 9.37. The van der Waals surface area contributed by atoms with Crippen LogP contribution in [0.3, 0.4) is 0 Å². The molecule has 0 saturated carbocycles. The molecule has 0 bridgehead atoms. The van der Waals surface area contributed by atoms with Crippen LogP contribution in [0, 0.1) is 13.8 Å². The van der Waals surface area contributed by atoms with Gasteiger partial charge in [-0.15, -0.1) is 0 Å². The lowest BCUT2D eigenvalue weighted by Crippen LogP contribution is -2.08. The summed E-state index contributed by atoms with van der Waals surface area (Å²) in [6.45, 7) is 4.38. The molecule has 15 heavy (non-hydrogen) atoms. The smallest absolute Gasteiger partial charge is 0.308 e. The molecule has 0 heterocycles. The minimum Gasteiger partial charge on any atom is -0.493 e. The predicted octanol–water partition coefficient (Wildman–Crippen LogP) is 2.25. The maximum absolute atomic E-state index is 10.8. The Balaban J connectivity index is 2.47. The molecule has 0 atom stereocenters. The van der Waals surface area contributed by atoms with Crippen LogP contribution >= 0.6 is 0 Å². The van der Waals surface area contributed by atoms with Gasteiger partial charge in [0, 0.05) is 0 Å². The first-order chi connectivity index (χ1) is 7.13. The Morgan fingerprint density at radius 2 is 2.07 bits per heavy atom. The highest BCUT2D eigenvalue weighted by molar-refractivity contribution is 5.69. The Kier molecular flexibility index (Phi) is 4.16. The summed E-state index contributed by atoms with van der Waals surface area (Å²) in [7, 11) is 1.37. The van der Waals surface area contributed by atoms with Gasteiger partial charge in [0.15, 0.2) is 0 Å². The number of hydrogen-bond donors (Lipinski definition) is 0. The van der Waals surface area contributed by atoms with Gasteiger partial charge in [-0.25, -0.2) is 0 Å². The normalized spacial score (nSPS) is 9.80. The number of rotatable bonds is 4. The van der Waals surface area contributed by atoms with Crippen molar-refractivity contribution in [3.63, 3.8) is 0 Å². The molecule has 82 valence electrons. The summed E-state index contributed by atoms with van der Waals surface area (Å²) < 4.78 is 9.98. The summed E-state index contributed by atoms with van der Waals surface area (Å²) in [5.41, 5.74) is 2.28. The fourth-order valence-corrected chi connectivity index (χ4v) is 1.31. The van der Waals surface area contributed by atoms with E-state index in [1.54, 1.807) is 0 Å². The van der Waals surface area contributed by atoms with Gasteiger partial charge in [-0.2, -0.15) is 0 Å². The maximum Gasteiger partial charge on any atom is 0.308 e. The third-order valence-electron chi connectivity index (χ3n) is 2.12. The van der Waals surface area contributed by atoms with Gasteiger partial charge in [0.1, 0.15) is 5.75 Å². The number of aryl methyl sites for hydroxylation is 2. The van der Waals surface area contributed by atoms with Gasteiger partial charge in [-0.05, 0) is 25.5 Å². The summed E-state index contributed by atoms with van der Waals surface area (Å²) in [5.74, 6) is 0.573. The summed E-state index contributed by atoms with van der Waals surface area (Å²) in [4.78, 5) is 10.8. The van der Waals surface area contributed by atoms with E-state index in [1.807, 2.05) is 32.0 Å². The van der Waals surface area contributed by atoms with Crippen LogP contribution in [0.1, 0.15) is 17.5 Å². The molecule has 0 N–H and O–H groups in total. The highest BCUT2D eigenvalue weighted by Gasteiger charge is 2.02. The van der Waals surface area contributed by atoms with E-state index >= 15 is 0 Å². The van der Waals surface area contributed by atoms with Gasteiger partial charge in [0.05, 0.1) is 20.1 Å². The van der Waals surface area contributed by atoms with Crippen molar-refractivity contribution in [2.24, 2.45) is 0 Å². The quantitative estimate of drug-likeness (QED) is 0.712. The molecule has 3 nitrogen and oxygen atoms in total. The number of ether oxygens (including phenoxy) is 2. The number of esters is 1. The number of hydrogen-bond acceptors (Lipinski definition) is 3. The van der Waals surface area contributed by atoms with Crippen molar-refractivity contribution in [2.45, 2.75) is 20.3 Å². The predicted molar refractivity (Wildman–Crippen MR) is 58.0 cm³/mol. The van der Waals surface area contributed by atoms with Crippen LogP contribution in [0.15, 0.2) is 18.2 Å². The van der Waals surface area contributed by atoms with E-state index in [4.69, 9.17) is 4.74 Å². The molecule has 0 unspecified atom stereocenters. The lowest BCUT2D eigenvalue weighted by Gasteiger charge is -2.08. The van der Waals surface area contributed by atoms with Crippen LogP contribution in [0.4, 0.5) is 0 Å². The van der Waals surface area contributed by atoms with E-state index in [0.717, 1.165) is 11.3 Å². The molecular formula is C12H16O3. The van der Waals surface area contributed by atoms with E-state index in [-0.39, 0.29) is 12.4 Å². The molecule has 0 radical (unpaired) electrons. The van der Waals surface area contributed by atoms with Crippen molar-refractivity contribution in [2.75, 3.05) is 13.7 Å². The van der Waals surface area contributed by atoms with E-state index < -0.39 is 0 Å². The molecule has 0 saturated heterocycles. The summed E-state index contributed by atoms with van der Waals surface area (Å²) in [6.07, 6.45) is 0.282. The molecular weight excluding hydrogens is 192 g/mol. The van der Waals surface area contributed by atoms with Crippen molar-refractivity contribution in [1.82, 2.24) is 0 Å². The van der Waals surface area contributed by atoms with Crippen molar-refractivity contribution >= 4 is 5.97 Å². The average Bonchev–Trinajstić information content (AvgIpc) is 2.21. The van der Waals surface area contributed by atoms with Crippen LogP contribution in [-0.2, 0) is 9.53 Å². The second-order valence-corrected chi connectivity index (χ2v) is 3.44. The SMILES string of the molecule is COC(=O)CCOc1ccc(C)cc1C. The lowest BCUT2D eigenvalue weighted by atomic mass is 10.1. The van der Waals surface area contributed by atoms with Gasteiger partial charge < -0.3 is 9.47 Å². The van der Waals surface area contributed by atoms with E-state index in [1.165, 1.54) is 12.7 Å². The van der Waals surface area contributed by atoms with Gasteiger partial charge in [0.25, 0.3) is 0 Å². The van der Waals surface area contributed by atoms with Crippen molar-refractivity contribution in [3.05, 3.63) is 29.3 Å². The van der Waals surface area contributed by atoms with Gasteiger partial charge in [-0.3, -0.25) is 4.79 Å². The Labute approximate surface area is 90.0 Å². The number of benzene rings is 1. The highest BCUT2D eigenvalue weighted by atomic mass is 16.5. The summed E-state index contributed by atoms with van der Waals surface area (Å²) in [5, 5.41) is 0. The van der Waals surface area contributed by atoms with Gasteiger partial charge >= 0.3 is 5.97 Å². The fraction of sp³-hybridized carbons (Fsp3) is 0.417. The molecule has 0 spiro atoms. The number of carbonyl (C=O) groups is 1. The zero-order valence-corrected chi connectivity index (χ0v) is 9.37. The zero-order chi connectivity index (χ0) is 11.3. The molecule has 1 rings (SSSR count). The van der Waals surface area contributed by atoms with Crippen molar-refractivity contribution < 1.29 is 14.3 Å². The first-order valence-electron chi connectivity index (χ1n) is 4.90. The van der Waals surface area contributed by atoms with Crippen LogP contribution < -0.4 is 4.74 Å². The molecule has 0 fully saturated rings. The Morgan fingerprint density at radius 1 is 1.33 bits per heavy atom. The molecule has 3 heteroatoms. The van der Waals surface area contributed by atoms with Crippen molar-refractivity contribution in [3.8, 4) is 5.75 Å². The third kappa shape index (κ3) is 3.62. The Morgan fingerprint density at radius 3 is 2.67 bits per heavy atom. The van der Waals surface area contributed by atoms with Crippen LogP contribution in [0.2, 0.25) is 0 Å². The molecule has 0 aliphatic carbocycles. The maximum atomic E-state index is 10.8. The lowest BCUT2D eigenvalue weighted by molar-refractivity contribution is -0.141. The average molecular weight is 208 g/mol. The molecule has 1 aromatic carbocycles. The second kappa shape index (κ2) is 5.39. The summed E-state index contributed by atoms with van der Waals surface area (Å²) in [6, 6.07) is 5.95. The fourth-order valence-electron chi connectivity index (χ4n) is 1.31. The van der Waals surface area contributed by atoms with E-state index in [2.05, 4.69) is 4.74 Å². The number of carbonyl (C=O) groups excluding carboxylic acids is 1. The molecule has 0 aromatic heterocycles. The third-order valence-corrected chi connectivity index (χ3v) is 2.12. The van der Waals surface area contributed by atoms with E-state index in [0.29, 0.717) is 6.61 Å². The first kappa shape index (κ1) is 11.6. The molecule has 0 aliphatic rings. The van der Waals surface area contributed by atoms with Crippen LogP contribution in [0.25, 0.3) is 0 Å². The molecule has 1 aromatic rings. The summed E-state index contributed by atoms with van der Waals surface area (Å²) >= 11 is 0. The molecule has 0 aliphatic heterocycles. The van der Waals surface area contributed by atoms with Gasteiger partial charge in [-0.1, -0.05) is 17.7 Å². The van der Waals surface area contributed by atoms with Gasteiger partial charge in [0.2, 0.25) is 0 Å². The van der Waals surface area contributed by atoms with Crippen LogP contribution in [0.5, 0.6) is 5.75 Å². The van der Waals surface area contributed by atoms with E-state index in [9.17, 15) is 4.79 Å².